The number of nitrogens with zero attached hydrogens (tertiary/aromatic N) is 3. The van der Waals surface area contributed by atoms with Gasteiger partial charge in [-0.15, -0.1) is 0 Å². The van der Waals surface area contributed by atoms with Crippen LogP contribution in [0.25, 0.3) is 11.0 Å². The van der Waals surface area contributed by atoms with Gasteiger partial charge in [-0.25, -0.2) is 18.7 Å². The van der Waals surface area contributed by atoms with E-state index in [1.165, 1.54) is 44.6 Å². The number of aromatic nitrogens is 3. The van der Waals surface area contributed by atoms with Crippen LogP contribution in [0.2, 0.25) is 0 Å². The van der Waals surface area contributed by atoms with Gasteiger partial charge in [0, 0.05) is 13.2 Å². The predicted molar refractivity (Wildman–Crippen MR) is 92.8 cm³/mol. The molecule has 0 radical (unpaired) electrons. The van der Waals surface area contributed by atoms with Crippen molar-refractivity contribution in [3.8, 4) is 5.75 Å². The van der Waals surface area contributed by atoms with Crippen molar-refractivity contribution in [2.45, 2.75) is 6.54 Å². The van der Waals surface area contributed by atoms with E-state index in [4.69, 9.17) is 4.74 Å². The lowest BCUT2D eigenvalue weighted by atomic mass is 10.3. The summed E-state index contributed by atoms with van der Waals surface area (Å²) in [5, 5.41) is 2.42. The maximum atomic E-state index is 13.6. The number of hydrogen-bond acceptors (Lipinski definition) is 5. The molecule has 2 aromatic heterocycles. The highest BCUT2D eigenvalue weighted by Gasteiger charge is 2.18. The quantitative estimate of drug-likeness (QED) is 0.747. The molecule has 3 aromatic rings. The van der Waals surface area contributed by atoms with Crippen LogP contribution >= 0.6 is 0 Å². The van der Waals surface area contributed by atoms with Gasteiger partial charge in [-0.1, -0.05) is 12.1 Å². The highest BCUT2D eigenvalue weighted by atomic mass is 19.1. The SMILES string of the molecule is COc1ccnc2c1c(=O)n(CC(=O)Nc1ccccc1F)c(=O)n2C. The summed E-state index contributed by atoms with van der Waals surface area (Å²) in [7, 11) is 2.82. The van der Waals surface area contributed by atoms with Crippen LogP contribution in [0.4, 0.5) is 10.1 Å². The smallest absolute Gasteiger partial charge is 0.332 e. The first-order valence-corrected chi connectivity index (χ1v) is 7.61. The molecule has 1 N–H and O–H groups in total. The number of anilines is 1. The Labute approximate surface area is 146 Å². The van der Waals surface area contributed by atoms with Crippen LogP contribution in [0.15, 0.2) is 46.1 Å². The van der Waals surface area contributed by atoms with Gasteiger partial charge in [0.2, 0.25) is 5.91 Å². The summed E-state index contributed by atoms with van der Waals surface area (Å²) < 4.78 is 20.7. The molecule has 0 aliphatic carbocycles. The monoisotopic (exact) mass is 358 g/mol. The number of amides is 1. The van der Waals surface area contributed by atoms with Crippen LogP contribution in [0.3, 0.4) is 0 Å². The fourth-order valence-electron chi connectivity index (χ4n) is 2.59. The van der Waals surface area contributed by atoms with Crippen molar-refractivity contribution in [1.29, 1.82) is 0 Å². The van der Waals surface area contributed by atoms with Crippen molar-refractivity contribution < 1.29 is 13.9 Å². The molecule has 0 atom stereocenters. The Balaban J connectivity index is 2.05. The molecule has 0 spiro atoms. The summed E-state index contributed by atoms with van der Waals surface area (Å²) in [5.41, 5.74) is -1.32. The molecule has 26 heavy (non-hydrogen) atoms. The topological polar surface area (TPSA) is 95.2 Å². The number of hydrogen-bond donors (Lipinski definition) is 1. The Morgan fingerprint density at radius 2 is 2.00 bits per heavy atom. The Hall–Kier alpha value is -3.49. The second kappa shape index (κ2) is 6.79. The van der Waals surface area contributed by atoms with E-state index in [0.717, 1.165) is 9.13 Å². The van der Waals surface area contributed by atoms with Gasteiger partial charge in [-0.3, -0.25) is 14.2 Å². The van der Waals surface area contributed by atoms with Gasteiger partial charge in [0.05, 0.1) is 12.8 Å². The van der Waals surface area contributed by atoms with E-state index in [1.54, 1.807) is 6.07 Å². The molecule has 0 aliphatic rings. The standard InChI is InChI=1S/C17H15FN4O4/c1-21-15-14(12(26-2)7-8-19-15)16(24)22(17(21)25)9-13(23)20-11-6-4-3-5-10(11)18/h3-8H,9H2,1-2H3,(H,20,23). The van der Waals surface area contributed by atoms with Crippen LogP contribution in [0.1, 0.15) is 0 Å². The van der Waals surface area contributed by atoms with E-state index in [2.05, 4.69) is 10.3 Å². The highest BCUT2D eigenvalue weighted by molar-refractivity contribution is 5.91. The molecule has 0 fully saturated rings. The van der Waals surface area contributed by atoms with E-state index in [-0.39, 0.29) is 22.5 Å². The summed E-state index contributed by atoms with van der Waals surface area (Å²) >= 11 is 0. The molecule has 0 saturated carbocycles. The fraction of sp³-hybridized carbons (Fsp3) is 0.176. The van der Waals surface area contributed by atoms with E-state index >= 15 is 0 Å². The lowest BCUT2D eigenvalue weighted by Gasteiger charge is -2.12. The molecule has 3 rings (SSSR count). The Morgan fingerprint density at radius 1 is 1.27 bits per heavy atom. The zero-order valence-corrected chi connectivity index (χ0v) is 14.0. The van der Waals surface area contributed by atoms with Gasteiger partial charge >= 0.3 is 5.69 Å². The summed E-state index contributed by atoms with van der Waals surface area (Å²) in [6, 6.07) is 7.08. The number of pyridine rings is 1. The Bertz CT molecular complexity index is 1120. The average molecular weight is 358 g/mol. The van der Waals surface area contributed by atoms with Crippen LogP contribution in [-0.2, 0) is 18.4 Å². The fourth-order valence-corrected chi connectivity index (χ4v) is 2.59. The minimum absolute atomic E-state index is 0.0394. The van der Waals surface area contributed by atoms with Crippen LogP contribution in [-0.4, -0.2) is 27.1 Å². The number of methoxy groups -OCH3 is 1. The van der Waals surface area contributed by atoms with Crippen molar-refractivity contribution in [2.24, 2.45) is 7.05 Å². The highest BCUT2D eigenvalue weighted by Crippen LogP contribution is 2.18. The number of halogens is 1. The lowest BCUT2D eigenvalue weighted by molar-refractivity contribution is -0.116. The lowest BCUT2D eigenvalue weighted by Crippen LogP contribution is -2.42. The van der Waals surface area contributed by atoms with Crippen LogP contribution in [0.5, 0.6) is 5.75 Å². The molecular weight excluding hydrogens is 343 g/mol. The molecule has 1 aromatic carbocycles. The van der Waals surface area contributed by atoms with Crippen molar-refractivity contribution >= 4 is 22.6 Å². The first kappa shape index (κ1) is 17.3. The van der Waals surface area contributed by atoms with Gasteiger partial charge in [0.1, 0.15) is 23.5 Å². The van der Waals surface area contributed by atoms with Crippen molar-refractivity contribution in [2.75, 3.05) is 12.4 Å². The van der Waals surface area contributed by atoms with E-state index in [1.807, 2.05) is 0 Å². The molecule has 8 nitrogen and oxygen atoms in total. The van der Waals surface area contributed by atoms with E-state index in [0.29, 0.717) is 0 Å². The molecule has 134 valence electrons. The van der Waals surface area contributed by atoms with Crippen LogP contribution < -0.4 is 21.3 Å². The van der Waals surface area contributed by atoms with Crippen LogP contribution in [0, 0.1) is 5.82 Å². The van der Waals surface area contributed by atoms with Gasteiger partial charge in [0.15, 0.2) is 5.65 Å². The van der Waals surface area contributed by atoms with Crippen molar-refractivity contribution in [1.82, 2.24) is 14.1 Å². The number of rotatable bonds is 4. The van der Waals surface area contributed by atoms with Gasteiger partial charge in [-0.2, -0.15) is 0 Å². The molecule has 2 heterocycles. The molecule has 0 saturated heterocycles. The summed E-state index contributed by atoms with van der Waals surface area (Å²) in [6.45, 7) is -0.576. The summed E-state index contributed by atoms with van der Waals surface area (Å²) in [5.74, 6) is -1.10. The number of nitrogens with one attached hydrogen (secondary N) is 1. The maximum absolute atomic E-state index is 13.6. The first-order chi connectivity index (χ1) is 12.4. The zero-order chi connectivity index (χ0) is 18.8. The molecular formula is C17H15FN4O4. The molecule has 0 unspecified atom stereocenters. The maximum Gasteiger partial charge on any atom is 0.332 e. The molecule has 0 aliphatic heterocycles. The first-order valence-electron chi connectivity index (χ1n) is 7.61. The molecule has 9 heteroatoms. The number of ether oxygens (including phenoxy) is 1. The van der Waals surface area contributed by atoms with Gasteiger partial charge in [0.25, 0.3) is 5.56 Å². The minimum Gasteiger partial charge on any atom is -0.496 e. The third-order valence-electron chi connectivity index (χ3n) is 3.86. The average Bonchev–Trinajstić information content (AvgIpc) is 2.64. The summed E-state index contributed by atoms with van der Waals surface area (Å²) in [4.78, 5) is 41.4. The number of carbonyl (C=O) groups is 1. The van der Waals surface area contributed by atoms with E-state index in [9.17, 15) is 18.8 Å². The molecule has 1 amide bonds. The second-order valence-electron chi connectivity index (χ2n) is 5.47. The largest absolute Gasteiger partial charge is 0.496 e. The number of benzene rings is 1. The minimum atomic E-state index is -0.716. The Morgan fingerprint density at radius 3 is 2.69 bits per heavy atom. The third kappa shape index (κ3) is 2.94. The van der Waals surface area contributed by atoms with Gasteiger partial charge in [-0.05, 0) is 18.2 Å². The number of carbonyl (C=O) groups excluding carboxylic acids is 1. The van der Waals surface area contributed by atoms with Gasteiger partial charge < -0.3 is 10.1 Å². The van der Waals surface area contributed by atoms with Crippen molar-refractivity contribution in [3.05, 3.63) is 63.2 Å². The normalized spacial score (nSPS) is 10.7. The number of para-hydroxylation sites is 1. The third-order valence-corrected chi connectivity index (χ3v) is 3.86. The molecule has 0 bridgehead atoms. The summed E-state index contributed by atoms with van der Waals surface area (Å²) in [6.07, 6.45) is 1.41. The number of fused-ring (bicyclic) bond motifs is 1. The second-order valence-corrected chi connectivity index (χ2v) is 5.47. The Kier molecular flexibility index (Phi) is 4.53. The number of aryl methyl sites for hydroxylation is 1. The predicted octanol–water partition coefficient (Wildman–Crippen LogP) is 0.882. The zero-order valence-electron chi connectivity index (χ0n) is 14.0. The van der Waals surface area contributed by atoms with E-state index < -0.39 is 29.5 Å². The van der Waals surface area contributed by atoms with Crippen molar-refractivity contribution in [3.63, 3.8) is 0 Å².